The van der Waals surface area contributed by atoms with E-state index in [9.17, 15) is 0 Å². The minimum atomic E-state index is 0.977. The van der Waals surface area contributed by atoms with Crippen molar-refractivity contribution >= 4 is 11.0 Å². The van der Waals surface area contributed by atoms with Gasteiger partial charge in [-0.1, -0.05) is 6.92 Å². The molecule has 1 aromatic heterocycles. The monoisotopic (exact) mass is 245 g/mol. The highest BCUT2D eigenvalue weighted by Gasteiger charge is 2.10. The van der Waals surface area contributed by atoms with Gasteiger partial charge in [-0.2, -0.15) is 0 Å². The summed E-state index contributed by atoms with van der Waals surface area (Å²) in [6, 6.07) is 4.48. The van der Waals surface area contributed by atoms with E-state index in [2.05, 4.69) is 42.8 Å². The Bertz CT molecular complexity index is 540. The summed E-state index contributed by atoms with van der Waals surface area (Å²) in [4.78, 5) is 4.79. The molecule has 98 valence electrons. The third-order valence-electron chi connectivity index (χ3n) is 3.49. The molecule has 0 atom stereocenters. The second kappa shape index (κ2) is 5.53. The number of aryl methyl sites for hydroxylation is 3. The number of rotatable bonds is 5. The van der Waals surface area contributed by atoms with E-state index in [1.165, 1.54) is 22.5 Å². The second-order valence-electron chi connectivity index (χ2n) is 4.96. The number of benzene rings is 1. The molecule has 2 aromatic rings. The predicted octanol–water partition coefficient (Wildman–Crippen LogP) is 2.83. The van der Waals surface area contributed by atoms with Crippen molar-refractivity contribution in [2.24, 2.45) is 0 Å². The molecule has 0 aliphatic heterocycles. The molecule has 0 unspecified atom stereocenters. The van der Waals surface area contributed by atoms with E-state index in [1.54, 1.807) is 0 Å². The van der Waals surface area contributed by atoms with Crippen LogP contribution in [0.5, 0.6) is 0 Å². The largest absolute Gasteiger partial charge is 0.328 e. The number of imidazole rings is 1. The Hall–Kier alpha value is -1.35. The molecule has 0 aliphatic carbocycles. The lowest BCUT2D eigenvalue weighted by Gasteiger charge is -2.08. The lowest BCUT2D eigenvalue weighted by atomic mass is 10.1. The van der Waals surface area contributed by atoms with Crippen molar-refractivity contribution < 1.29 is 0 Å². The van der Waals surface area contributed by atoms with Crippen LogP contribution in [-0.4, -0.2) is 23.1 Å². The Balaban J connectivity index is 2.52. The number of nitrogens with zero attached hydrogens (tertiary/aromatic N) is 2. The first-order valence-electron chi connectivity index (χ1n) is 6.78. The number of hydrogen-bond acceptors (Lipinski definition) is 2. The van der Waals surface area contributed by atoms with Crippen LogP contribution in [0.2, 0.25) is 0 Å². The normalized spacial score (nSPS) is 11.3. The first-order valence-corrected chi connectivity index (χ1v) is 6.78. The molecule has 1 N–H and O–H groups in total. The molecular weight excluding hydrogens is 222 g/mol. The van der Waals surface area contributed by atoms with Crippen molar-refractivity contribution in [3.8, 4) is 0 Å². The Morgan fingerprint density at radius 2 is 1.94 bits per heavy atom. The van der Waals surface area contributed by atoms with E-state index in [0.717, 1.165) is 31.4 Å². The van der Waals surface area contributed by atoms with Gasteiger partial charge in [-0.15, -0.1) is 0 Å². The maximum atomic E-state index is 4.79. The summed E-state index contributed by atoms with van der Waals surface area (Å²) < 4.78 is 2.37. The van der Waals surface area contributed by atoms with Gasteiger partial charge in [0.1, 0.15) is 5.82 Å². The first kappa shape index (κ1) is 13.1. The van der Waals surface area contributed by atoms with Crippen LogP contribution in [0.25, 0.3) is 11.0 Å². The highest BCUT2D eigenvalue weighted by molar-refractivity contribution is 5.78. The van der Waals surface area contributed by atoms with Gasteiger partial charge < -0.3 is 9.88 Å². The van der Waals surface area contributed by atoms with Crippen LogP contribution >= 0.6 is 0 Å². The molecule has 1 heterocycles. The summed E-state index contributed by atoms with van der Waals surface area (Å²) in [5, 5.41) is 3.20. The molecule has 0 fully saturated rings. The zero-order valence-electron chi connectivity index (χ0n) is 11.9. The summed E-state index contributed by atoms with van der Waals surface area (Å²) in [5.41, 5.74) is 5.09. The van der Waals surface area contributed by atoms with Crippen molar-refractivity contribution in [3.05, 3.63) is 29.1 Å². The lowest BCUT2D eigenvalue weighted by molar-refractivity contribution is 0.638. The van der Waals surface area contributed by atoms with E-state index < -0.39 is 0 Å². The van der Waals surface area contributed by atoms with Gasteiger partial charge in [0.2, 0.25) is 0 Å². The van der Waals surface area contributed by atoms with Gasteiger partial charge in [0, 0.05) is 19.5 Å². The number of nitrogens with one attached hydrogen (secondary N) is 1. The maximum Gasteiger partial charge on any atom is 0.111 e. The average molecular weight is 245 g/mol. The van der Waals surface area contributed by atoms with E-state index >= 15 is 0 Å². The molecule has 0 bridgehead atoms. The van der Waals surface area contributed by atoms with Crippen LogP contribution in [0.1, 0.15) is 30.3 Å². The molecule has 1 aromatic carbocycles. The van der Waals surface area contributed by atoms with Crippen LogP contribution < -0.4 is 5.32 Å². The van der Waals surface area contributed by atoms with Crippen LogP contribution in [-0.2, 0) is 13.0 Å². The topological polar surface area (TPSA) is 29.9 Å². The molecule has 18 heavy (non-hydrogen) atoms. The van der Waals surface area contributed by atoms with Crippen molar-refractivity contribution in [1.82, 2.24) is 14.9 Å². The molecule has 3 nitrogen and oxygen atoms in total. The summed E-state index contributed by atoms with van der Waals surface area (Å²) >= 11 is 0. The quantitative estimate of drug-likeness (QED) is 0.878. The van der Waals surface area contributed by atoms with Crippen molar-refractivity contribution in [2.75, 3.05) is 13.6 Å². The van der Waals surface area contributed by atoms with Crippen LogP contribution in [0.3, 0.4) is 0 Å². The van der Waals surface area contributed by atoms with Crippen LogP contribution in [0.15, 0.2) is 12.1 Å². The van der Waals surface area contributed by atoms with Crippen molar-refractivity contribution in [2.45, 2.75) is 40.2 Å². The maximum absolute atomic E-state index is 4.79. The van der Waals surface area contributed by atoms with Crippen LogP contribution in [0, 0.1) is 13.8 Å². The van der Waals surface area contributed by atoms with Gasteiger partial charge >= 0.3 is 0 Å². The van der Waals surface area contributed by atoms with Gasteiger partial charge in [0.15, 0.2) is 0 Å². The van der Waals surface area contributed by atoms with Crippen LogP contribution in [0.4, 0.5) is 0 Å². The minimum absolute atomic E-state index is 0.977. The van der Waals surface area contributed by atoms with E-state index in [4.69, 9.17) is 4.98 Å². The SMILES string of the molecule is CCCn1c(CCNC)nc2cc(C)c(C)cc21. The molecular formula is C15H23N3. The fourth-order valence-electron chi connectivity index (χ4n) is 2.33. The summed E-state index contributed by atoms with van der Waals surface area (Å²) in [7, 11) is 1.99. The van der Waals surface area contributed by atoms with Crippen molar-refractivity contribution in [1.29, 1.82) is 0 Å². The van der Waals surface area contributed by atoms with Gasteiger partial charge in [0.05, 0.1) is 11.0 Å². The fourth-order valence-corrected chi connectivity index (χ4v) is 2.33. The highest BCUT2D eigenvalue weighted by Crippen LogP contribution is 2.21. The molecule has 0 saturated heterocycles. The zero-order chi connectivity index (χ0) is 13.1. The number of hydrogen-bond donors (Lipinski definition) is 1. The Kier molecular flexibility index (Phi) is 4.02. The predicted molar refractivity (Wildman–Crippen MR) is 77.1 cm³/mol. The van der Waals surface area contributed by atoms with Gasteiger partial charge in [0.25, 0.3) is 0 Å². The number of likely N-dealkylation sites (N-methyl/N-ethyl adjacent to an activating group) is 1. The molecule has 2 rings (SSSR count). The summed E-state index contributed by atoms with van der Waals surface area (Å²) in [6.07, 6.45) is 2.13. The van der Waals surface area contributed by atoms with E-state index in [1.807, 2.05) is 7.05 Å². The zero-order valence-corrected chi connectivity index (χ0v) is 11.9. The second-order valence-corrected chi connectivity index (χ2v) is 4.96. The summed E-state index contributed by atoms with van der Waals surface area (Å²) in [6.45, 7) is 8.57. The van der Waals surface area contributed by atoms with Crippen molar-refractivity contribution in [3.63, 3.8) is 0 Å². The minimum Gasteiger partial charge on any atom is -0.328 e. The molecule has 0 aliphatic rings. The van der Waals surface area contributed by atoms with Gasteiger partial charge in [-0.25, -0.2) is 4.98 Å². The number of aromatic nitrogens is 2. The Morgan fingerprint density at radius 3 is 2.61 bits per heavy atom. The molecule has 3 heteroatoms. The smallest absolute Gasteiger partial charge is 0.111 e. The van der Waals surface area contributed by atoms with E-state index in [-0.39, 0.29) is 0 Å². The van der Waals surface area contributed by atoms with E-state index in [0.29, 0.717) is 0 Å². The molecule has 0 radical (unpaired) electrons. The third-order valence-corrected chi connectivity index (χ3v) is 3.49. The Morgan fingerprint density at radius 1 is 1.22 bits per heavy atom. The molecule has 0 amide bonds. The Labute approximate surface area is 109 Å². The summed E-state index contributed by atoms with van der Waals surface area (Å²) in [5.74, 6) is 1.20. The van der Waals surface area contributed by atoms with Gasteiger partial charge in [-0.05, 0) is 50.6 Å². The lowest BCUT2D eigenvalue weighted by Crippen LogP contribution is -2.14. The standard InChI is InChI=1S/C15H23N3/c1-5-8-18-14-10-12(3)11(2)9-13(14)17-15(18)6-7-16-4/h9-10,16H,5-8H2,1-4H3. The third kappa shape index (κ3) is 2.41. The van der Waals surface area contributed by atoms with Gasteiger partial charge in [-0.3, -0.25) is 0 Å². The molecule has 0 saturated carbocycles. The fraction of sp³-hybridized carbons (Fsp3) is 0.533. The number of fused-ring (bicyclic) bond motifs is 1. The first-order chi connectivity index (χ1) is 8.67. The average Bonchev–Trinajstić information content (AvgIpc) is 2.66. The highest BCUT2D eigenvalue weighted by atomic mass is 15.1. The molecule has 0 spiro atoms.